The summed E-state index contributed by atoms with van der Waals surface area (Å²) in [5.74, 6) is 1.18. The van der Waals surface area contributed by atoms with Gasteiger partial charge in [0.05, 0.1) is 34.7 Å². The average molecular weight is 423 g/mol. The smallest absolute Gasteiger partial charge is 0.256 e. The van der Waals surface area contributed by atoms with Crippen molar-refractivity contribution < 1.29 is 4.79 Å². The van der Waals surface area contributed by atoms with Crippen LogP contribution in [0.5, 0.6) is 0 Å². The number of fused-ring (bicyclic) bond motifs is 3. The molecule has 2 aromatic heterocycles. The van der Waals surface area contributed by atoms with Crippen molar-refractivity contribution in [2.24, 2.45) is 5.92 Å². The molecule has 4 heterocycles. The number of benzene rings is 1. The largest absolute Gasteiger partial charge is 0.364 e. The normalized spacial score (nSPS) is 22.9. The van der Waals surface area contributed by atoms with Crippen molar-refractivity contribution in [2.75, 3.05) is 11.9 Å². The molecule has 6 rings (SSSR count). The summed E-state index contributed by atoms with van der Waals surface area (Å²) in [5, 5.41) is 12.6. The van der Waals surface area contributed by atoms with E-state index in [1.165, 1.54) is 4.80 Å². The SMILES string of the molecule is Cc1cnc(NC2CC3CCC2N(C(=O)c2ccccc2-n2nccn2)C3)c(Cl)c1. The molecular weight excluding hydrogens is 400 g/mol. The van der Waals surface area contributed by atoms with E-state index in [0.717, 1.165) is 31.4 Å². The van der Waals surface area contributed by atoms with Gasteiger partial charge in [-0.15, -0.1) is 0 Å². The number of carbonyl (C=O) groups excluding carboxylic acids is 1. The number of hydrogen-bond acceptors (Lipinski definition) is 5. The van der Waals surface area contributed by atoms with Crippen LogP contribution in [0.15, 0.2) is 48.9 Å². The summed E-state index contributed by atoms with van der Waals surface area (Å²) in [6, 6.07) is 9.64. The number of amides is 1. The number of nitrogens with one attached hydrogen (secondary N) is 1. The fourth-order valence-corrected chi connectivity index (χ4v) is 5.00. The number of rotatable bonds is 4. The molecule has 3 atom stereocenters. The van der Waals surface area contributed by atoms with Gasteiger partial charge in [-0.05, 0) is 55.9 Å². The fraction of sp³-hybridized carbons (Fsp3) is 0.364. The van der Waals surface area contributed by atoms with Crippen LogP contribution in [0.3, 0.4) is 0 Å². The number of aromatic nitrogens is 4. The molecule has 3 aromatic rings. The molecule has 154 valence electrons. The third kappa shape index (κ3) is 3.43. The number of anilines is 1. The van der Waals surface area contributed by atoms with Crippen molar-refractivity contribution in [1.29, 1.82) is 0 Å². The molecule has 1 N–H and O–H groups in total. The van der Waals surface area contributed by atoms with E-state index in [1.807, 2.05) is 48.4 Å². The molecule has 3 fully saturated rings. The van der Waals surface area contributed by atoms with E-state index in [1.54, 1.807) is 12.4 Å². The highest BCUT2D eigenvalue weighted by atomic mass is 35.5. The van der Waals surface area contributed by atoms with E-state index in [9.17, 15) is 4.79 Å². The first-order valence-corrected chi connectivity index (χ1v) is 10.6. The third-order valence-corrected chi connectivity index (χ3v) is 6.40. The molecular formula is C22H23ClN6O. The van der Waals surface area contributed by atoms with Gasteiger partial charge in [0.1, 0.15) is 5.82 Å². The second-order valence-corrected chi connectivity index (χ2v) is 8.54. The number of nitrogens with zero attached hydrogens (tertiary/aromatic N) is 5. The lowest BCUT2D eigenvalue weighted by atomic mass is 9.76. The lowest BCUT2D eigenvalue weighted by molar-refractivity contribution is 0.0281. The molecule has 2 saturated heterocycles. The third-order valence-electron chi connectivity index (χ3n) is 6.11. The zero-order valence-corrected chi connectivity index (χ0v) is 17.5. The second kappa shape index (κ2) is 7.72. The summed E-state index contributed by atoms with van der Waals surface area (Å²) in [6.07, 6.45) is 8.17. The van der Waals surface area contributed by atoms with Crippen LogP contribution in [0.1, 0.15) is 35.2 Å². The minimum atomic E-state index is 0.0204. The molecule has 3 unspecified atom stereocenters. The Balaban J connectivity index is 1.42. The van der Waals surface area contributed by atoms with Crippen LogP contribution in [-0.4, -0.2) is 49.4 Å². The molecule has 1 aromatic carbocycles. The second-order valence-electron chi connectivity index (χ2n) is 8.13. The Morgan fingerprint density at radius 3 is 2.77 bits per heavy atom. The summed E-state index contributed by atoms with van der Waals surface area (Å²) >= 11 is 6.40. The van der Waals surface area contributed by atoms with E-state index < -0.39 is 0 Å². The molecule has 8 heteroatoms. The van der Waals surface area contributed by atoms with Crippen molar-refractivity contribution >= 4 is 23.3 Å². The number of halogens is 1. The van der Waals surface area contributed by atoms with Crippen LogP contribution in [0.4, 0.5) is 5.82 Å². The summed E-state index contributed by atoms with van der Waals surface area (Å²) in [4.78, 5) is 21.6. The lowest BCUT2D eigenvalue weighted by Gasteiger charge is -2.50. The van der Waals surface area contributed by atoms with Gasteiger partial charge in [-0.2, -0.15) is 15.0 Å². The van der Waals surface area contributed by atoms with E-state index >= 15 is 0 Å². The van der Waals surface area contributed by atoms with Crippen LogP contribution < -0.4 is 5.32 Å². The summed E-state index contributed by atoms with van der Waals surface area (Å²) in [7, 11) is 0. The first-order chi connectivity index (χ1) is 14.6. The van der Waals surface area contributed by atoms with E-state index in [2.05, 4.69) is 20.5 Å². The van der Waals surface area contributed by atoms with Crippen LogP contribution >= 0.6 is 11.6 Å². The van der Waals surface area contributed by atoms with Gasteiger partial charge in [-0.1, -0.05) is 23.7 Å². The molecule has 2 aliphatic heterocycles. The van der Waals surface area contributed by atoms with E-state index in [4.69, 9.17) is 11.6 Å². The van der Waals surface area contributed by atoms with Gasteiger partial charge in [0.25, 0.3) is 5.91 Å². The summed E-state index contributed by atoms with van der Waals surface area (Å²) < 4.78 is 0. The van der Waals surface area contributed by atoms with Crippen LogP contribution in [-0.2, 0) is 0 Å². The minimum absolute atomic E-state index is 0.0204. The first kappa shape index (κ1) is 19.1. The predicted molar refractivity (Wildman–Crippen MR) is 115 cm³/mol. The van der Waals surface area contributed by atoms with Crippen molar-refractivity contribution in [1.82, 2.24) is 24.9 Å². The first-order valence-electron chi connectivity index (χ1n) is 10.3. The number of piperidine rings is 2. The quantitative estimate of drug-likeness (QED) is 0.693. The van der Waals surface area contributed by atoms with Crippen molar-refractivity contribution in [3.05, 3.63) is 65.1 Å². The number of aryl methyl sites for hydroxylation is 1. The Morgan fingerprint density at radius 2 is 2.00 bits per heavy atom. The predicted octanol–water partition coefficient (Wildman–Crippen LogP) is 3.73. The summed E-state index contributed by atoms with van der Waals surface area (Å²) in [5.41, 5.74) is 2.34. The number of hydrogen-bond donors (Lipinski definition) is 1. The van der Waals surface area contributed by atoms with Crippen molar-refractivity contribution in [3.63, 3.8) is 0 Å². The van der Waals surface area contributed by atoms with Gasteiger partial charge in [0.15, 0.2) is 0 Å². The van der Waals surface area contributed by atoms with E-state index in [-0.39, 0.29) is 18.0 Å². The minimum Gasteiger partial charge on any atom is -0.364 e. The number of pyridine rings is 1. The Kier molecular flexibility index (Phi) is 4.90. The highest BCUT2D eigenvalue weighted by molar-refractivity contribution is 6.32. The maximum Gasteiger partial charge on any atom is 0.256 e. The monoisotopic (exact) mass is 422 g/mol. The van der Waals surface area contributed by atoms with Crippen LogP contribution in [0, 0.1) is 12.8 Å². The topological polar surface area (TPSA) is 75.9 Å². The highest BCUT2D eigenvalue weighted by Gasteiger charge is 2.43. The van der Waals surface area contributed by atoms with Crippen LogP contribution in [0.2, 0.25) is 5.02 Å². The zero-order chi connectivity index (χ0) is 20.7. The van der Waals surface area contributed by atoms with Gasteiger partial charge < -0.3 is 10.2 Å². The molecule has 7 nitrogen and oxygen atoms in total. The molecule has 0 spiro atoms. The molecule has 1 amide bonds. The zero-order valence-electron chi connectivity index (χ0n) is 16.7. The molecule has 3 aliphatic rings. The van der Waals surface area contributed by atoms with Gasteiger partial charge in [-0.3, -0.25) is 4.79 Å². The molecule has 0 radical (unpaired) electrons. The van der Waals surface area contributed by atoms with E-state index in [0.29, 0.717) is 28.0 Å². The lowest BCUT2D eigenvalue weighted by Crippen LogP contribution is -2.59. The van der Waals surface area contributed by atoms with Crippen molar-refractivity contribution in [2.45, 2.75) is 38.3 Å². The Hall–Kier alpha value is -2.93. The fourth-order valence-electron chi connectivity index (χ4n) is 4.72. The molecule has 30 heavy (non-hydrogen) atoms. The average Bonchev–Trinajstić information content (AvgIpc) is 3.30. The maximum atomic E-state index is 13.6. The van der Waals surface area contributed by atoms with Crippen LogP contribution in [0.25, 0.3) is 5.69 Å². The van der Waals surface area contributed by atoms with Gasteiger partial charge in [0.2, 0.25) is 0 Å². The maximum absolute atomic E-state index is 13.6. The standard InChI is InChI=1S/C22H23ClN6O/c1-14-10-17(23)21(24-12-14)27-18-11-15-6-7-20(18)28(13-15)22(30)16-4-2-3-5-19(16)29-25-8-9-26-29/h2-5,8-10,12,15,18,20H,6-7,11,13H2,1H3,(H,24,27). The Bertz CT molecular complexity index is 1070. The van der Waals surface area contributed by atoms with Gasteiger partial charge in [-0.25, -0.2) is 4.98 Å². The van der Waals surface area contributed by atoms with Crippen molar-refractivity contribution in [3.8, 4) is 5.69 Å². The van der Waals surface area contributed by atoms with Gasteiger partial charge >= 0.3 is 0 Å². The highest BCUT2D eigenvalue weighted by Crippen LogP contribution is 2.38. The summed E-state index contributed by atoms with van der Waals surface area (Å²) in [6.45, 7) is 2.75. The Morgan fingerprint density at radius 1 is 1.20 bits per heavy atom. The number of carbonyl (C=O) groups is 1. The Labute approximate surface area is 180 Å². The molecule has 1 aliphatic carbocycles. The molecule has 2 bridgehead atoms. The van der Waals surface area contributed by atoms with Gasteiger partial charge in [0, 0.05) is 18.8 Å². The number of para-hydroxylation sites is 1. The molecule has 1 saturated carbocycles.